The predicted octanol–water partition coefficient (Wildman–Crippen LogP) is 6.84. The molecule has 0 spiro atoms. The molecule has 44 heavy (non-hydrogen) atoms. The normalized spacial score (nSPS) is 10.7. The summed E-state index contributed by atoms with van der Waals surface area (Å²) in [7, 11) is 3.97. The van der Waals surface area contributed by atoms with Crippen LogP contribution in [-0.2, 0) is 14.1 Å². The van der Waals surface area contributed by atoms with Gasteiger partial charge in [-0.05, 0) is 81.9 Å². The van der Waals surface area contributed by atoms with Gasteiger partial charge < -0.3 is 10.6 Å². The van der Waals surface area contributed by atoms with Crippen LogP contribution < -0.4 is 19.8 Å². The van der Waals surface area contributed by atoms with Crippen molar-refractivity contribution in [3.8, 4) is 33.4 Å². The van der Waals surface area contributed by atoms with Gasteiger partial charge in [0.2, 0.25) is 0 Å². The highest BCUT2D eigenvalue weighted by molar-refractivity contribution is 6.05. The standard InChI is InChI=1S/C38H30N4O2/c1-41-23-19-31(20-24-41)29-11-15-35(16-12-29)39-37(43)33-7-3-27(4-8-33)28-5-9-34(10-6-28)38(44)40-36-17-13-30(14-18-36)32-21-25-42(2)26-22-32/h3-26H,1-2H3/p+2. The molecule has 0 radical (unpaired) electrons. The summed E-state index contributed by atoms with van der Waals surface area (Å²) >= 11 is 0. The molecule has 0 aliphatic carbocycles. The van der Waals surface area contributed by atoms with Crippen molar-refractivity contribution in [1.29, 1.82) is 0 Å². The van der Waals surface area contributed by atoms with E-state index in [4.69, 9.17) is 0 Å². The summed E-state index contributed by atoms with van der Waals surface area (Å²) in [6.07, 6.45) is 8.03. The van der Waals surface area contributed by atoms with E-state index < -0.39 is 0 Å². The summed E-state index contributed by atoms with van der Waals surface area (Å²) in [6, 6.07) is 38.8. The number of carbonyl (C=O) groups excluding carboxylic acids is 2. The third-order valence-corrected chi connectivity index (χ3v) is 7.54. The van der Waals surface area contributed by atoms with Gasteiger partial charge in [0, 0.05) is 46.8 Å². The van der Waals surface area contributed by atoms with Gasteiger partial charge in [-0.2, -0.15) is 0 Å². The first kappa shape index (κ1) is 28.2. The number of nitrogens with zero attached hydrogens (tertiary/aromatic N) is 2. The molecule has 2 aromatic heterocycles. The van der Waals surface area contributed by atoms with E-state index in [1.54, 1.807) is 0 Å². The van der Waals surface area contributed by atoms with Crippen molar-refractivity contribution in [1.82, 2.24) is 0 Å². The van der Waals surface area contributed by atoms with Crippen LogP contribution in [0.1, 0.15) is 20.7 Å². The van der Waals surface area contributed by atoms with E-state index >= 15 is 0 Å². The van der Waals surface area contributed by atoms with Crippen molar-refractivity contribution < 1.29 is 18.7 Å². The Balaban J connectivity index is 1.05. The summed E-state index contributed by atoms with van der Waals surface area (Å²) in [5.74, 6) is -0.345. The monoisotopic (exact) mass is 576 g/mol. The predicted molar refractivity (Wildman–Crippen MR) is 174 cm³/mol. The maximum absolute atomic E-state index is 12.9. The Hall–Kier alpha value is -5.88. The second kappa shape index (κ2) is 12.5. The maximum atomic E-state index is 12.9. The Bertz CT molecular complexity index is 1750. The molecule has 6 aromatic rings. The molecule has 2 amide bonds. The molecule has 2 N–H and O–H groups in total. The van der Waals surface area contributed by atoms with Gasteiger partial charge in [0.05, 0.1) is 0 Å². The van der Waals surface area contributed by atoms with Crippen LogP contribution in [0.25, 0.3) is 33.4 Å². The van der Waals surface area contributed by atoms with Gasteiger partial charge in [0.25, 0.3) is 11.8 Å². The molecule has 6 rings (SSSR count). The number of benzene rings is 4. The van der Waals surface area contributed by atoms with Gasteiger partial charge in [0.1, 0.15) is 14.1 Å². The number of hydrogen-bond acceptors (Lipinski definition) is 2. The molecule has 0 saturated heterocycles. The third-order valence-electron chi connectivity index (χ3n) is 7.54. The summed E-state index contributed by atoms with van der Waals surface area (Å²) < 4.78 is 3.98. The van der Waals surface area contributed by atoms with Crippen LogP contribution in [0.3, 0.4) is 0 Å². The number of amides is 2. The molecule has 0 saturated carbocycles. The Morgan fingerprint density at radius 2 is 0.636 bits per heavy atom. The molecule has 0 aliphatic rings. The zero-order chi connectivity index (χ0) is 30.5. The lowest BCUT2D eigenvalue weighted by molar-refractivity contribution is -0.671. The van der Waals surface area contributed by atoms with Crippen LogP contribution in [-0.4, -0.2) is 11.8 Å². The van der Waals surface area contributed by atoms with Gasteiger partial charge in [-0.3, -0.25) is 9.59 Å². The number of carbonyl (C=O) groups is 2. The Labute approximate surface area is 256 Å². The average Bonchev–Trinajstić information content (AvgIpc) is 3.06. The second-order valence-corrected chi connectivity index (χ2v) is 10.7. The van der Waals surface area contributed by atoms with Gasteiger partial charge in [-0.25, -0.2) is 9.13 Å². The van der Waals surface area contributed by atoms with Crippen LogP contribution >= 0.6 is 0 Å². The fourth-order valence-electron chi connectivity index (χ4n) is 4.91. The average molecular weight is 577 g/mol. The zero-order valence-electron chi connectivity index (χ0n) is 24.6. The fourth-order valence-corrected chi connectivity index (χ4v) is 4.91. The highest BCUT2D eigenvalue weighted by Gasteiger charge is 2.10. The molecule has 0 bridgehead atoms. The van der Waals surface area contributed by atoms with E-state index in [-0.39, 0.29) is 11.8 Å². The van der Waals surface area contributed by atoms with Gasteiger partial charge in [-0.15, -0.1) is 0 Å². The molecule has 0 atom stereocenters. The Morgan fingerprint density at radius 1 is 0.386 bits per heavy atom. The topological polar surface area (TPSA) is 66.0 Å². The van der Waals surface area contributed by atoms with Crippen molar-refractivity contribution in [3.63, 3.8) is 0 Å². The van der Waals surface area contributed by atoms with Gasteiger partial charge in [-0.1, -0.05) is 48.5 Å². The number of aryl methyl sites for hydroxylation is 2. The lowest BCUT2D eigenvalue weighted by Crippen LogP contribution is -2.25. The van der Waals surface area contributed by atoms with Gasteiger partial charge >= 0.3 is 0 Å². The number of pyridine rings is 2. The van der Waals surface area contributed by atoms with E-state index in [1.807, 2.05) is 145 Å². The van der Waals surface area contributed by atoms with Crippen molar-refractivity contribution in [3.05, 3.63) is 157 Å². The lowest BCUT2D eigenvalue weighted by atomic mass is 10.0. The quantitative estimate of drug-likeness (QED) is 0.204. The number of nitrogens with one attached hydrogen (secondary N) is 2. The van der Waals surface area contributed by atoms with Crippen molar-refractivity contribution in [2.45, 2.75) is 0 Å². The van der Waals surface area contributed by atoms with E-state index in [2.05, 4.69) is 34.9 Å². The van der Waals surface area contributed by atoms with Crippen LogP contribution in [0, 0.1) is 0 Å². The van der Waals surface area contributed by atoms with Crippen LogP contribution in [0.15, 0.2) is 146 Å². The molecule has 6 heteroatoms. The minimum Gasteiger partial charge on any atom is -0.322 e. The number of rotatable bonds is 7. The highest BCUT2D eigenvalue weighted by Crippen LogP contribution is 2.24. The molecule has 0 aliphatic heterocycles. The minimum atomic E-state index is -0.172. The van der Waals surface area contributed by atoms with Crippen molar-refractivity contribution >= 4 is 23.2 Å². The summed E-state index contributed by atoms with van der Waals surface area (Å²) in [5, 5.41) is 5.94. The Kier molecular flexibility index (Phi) is 8.06. The van der Waals surface area contributed by atoms with Crippen molar-refractivity contribution in [2.75, 3.05) is 10.6 Å². The minimum absolute atomic E-state index is 0.172. The number of aromatic nitrogens is 2. The molecule has 4 aromatic carbocycles. The van der Waals surface area contributed by atoms with Crippen LogP contribution in [0.5, 0.6) is 0 Å². The Morgan fingerprint density at radius 3 is 0.932 bits per heavy atom. The molecule has 0 fully saturated rings. The largest absolute Gasteiger partial charge is 0.322 e. The second-order valence-electron chi connectivity index (χ2n) is 10.7. The first-order chi connectivity index (χ1) is 21.4. The number of hydrogen-bond donors (Lipinski definition) is 2. The van der Waals surface area contributed by atoms with E-state index in [0.717, 1.165) is 44.8 Å². The maximum Gasteiger partial charge on any atom is 0.255 e. The zero-order valence-corrected chi connectivity index (χ0v) is 24.6. The van der Waals surface area contributed by atoms with Crippen molar-refractivity contribution in [2.24, 2.45) is 14.1 Å². The van der Waals surface area contributed by atoms with E-state index in [0.29, 0.717) is 11.1 Å². The summed E-state index contributed by atoms with van der Waals surface area (Å²) in [5.41, 5.74) is 8.93. The summed E-state index contributed by atoms with van der Waals surface area (Å²) in [6.45, 7) is 0. The molecular weight excluding hydrogens is 544 g/mol. The lowest BCUT2D eigenvalue weighted by Gasteiger charge is -2.09. The highest BCUT2D eigenvalue weighted by atomic mass is 16.2. The molecule has 214 valence electrons. The van der Waals surface area contributed by atoms with E-state index in [9.17, 15) is 9.59 Å². The van der Waals surface area contributed by atoms with Gasteiger partial charge in [0.15, 0.2) is 24.8 Å². The third kappa shape index (κ3) is 6.61. The molecule has 2 heterocycles. The summed E-state index contributed by atoms with van der Waals surface area (Å²) in [4.78, 5) is 25.7. The fraction of sp³-hybridized carbons (Fsp3) is 0.0526. The van der Waals surface area contributed by atoms with Crippen LogP contribution in [0.2, 0.25) is 0 Å². The molecular formula is C38H32N4O2+2. The smallest absolute Gasteiger partial charge is 0.255 e. The first-order valence-corrected chi connectivity index (χ1v) is 14.4. The SMILES string of the molecule is C[n+]1ccc(-c2ccc(NC(=O)c3ccc(-c4ccc(C(=O)Nc5ccc(-c6cc[n+](C)cc6)cc5)cc4)cc3)cc2)cc1. The van der Waals surface area contributed by atoms with E-state index in [1.165, 1.54) is 0 Å². The van der Waals surface area contributed by atoms with Crippen LogP contribution in [0.4, 0.5) is 11.4 Å². The molecule has 6 nitrogen and oxygen atoms in total. The number of anilines is 2. The molecule has 0 unspecified atom stereocenters. The first-order valence-electron chi connectivity index (χ1n) is 14.4.